The van der Waals surface area contributed by atoms with Gasteiger partial charge >= 0.3 is 5.97 Å². The zero-order chi connectivity index (χ0) is 11.5. The van der Waals surface area contributed by atoms with E-state index in [9.17, 15) is 4.79 Å². The van der Waals surface area contributed by atoms with Crippen LogP contribution in [-0.2, 0) is 4.79 Å². The maximum atomic E-state index is 11.1. The lowest BCUT2D eigenvalue weighted by Crippen LogP contribution is -2.30. The maximum Gasteiger partial charge on any atom is 0.307 e. The lowest BCUT2D eigenvalue weighted by molar-refractivity contribution is -0.146. The molecule has 0 amide bonds. The van der Waals surface area contributed by atoms with Gasteiger partial charge in [-0.15, -0.1) is 0 Å². The largest absolute Gasteiger partial charge is 0.481 e. The van der Waals surface area contributed by atoms with Gasteiger partial charge in [-0.1, -0.05) is 41.5 Å². The van der Waals surface area contributed by atoms with Gasteiger partial charge in [-0.25, -0.2) is 0 Å². The van der Waals surface area contributed by atoms with Crippen molar-refractivity contribution in [1.82, 2.24) is 0 Å². The number of carbonyl (C=O) groups is 1. The van der Waals surface area contributed by atoms with Gasteiger partial charge in [0.15, 0.2) is 0 Å². The first-order valence-corrected chi connectivity index (χ1v) is 5.39. The molecule has 0 aromatic heterocycles. The number of aliphatic carboxylic acids is 1. The second-order valence-corrected chi connectivity index (χ2v) is 5.71. The van der Waals surface area contributed by atoms with Crippen molar-refractivity contribution < 1.29 is 9.90 Å². The van der Waals surface area contributed by atoms with E-state index in [1.807, 2.05) is 20.8 Å². The average Bonchev–Trinajstić information content (AvgIpc) is 1.96. The van der Waals surface area contributed by atoms with E-state index in [-0.39, 0.29) is 11.3 Å². The van der Waals surface area contributed by atoms with Crippen molar-refractivity contribution in [3.05, 3.63) is 0 Å². The maximum absolute atomic E-state index is 11.1. The van der Waals surface area contributed by atoms with Gasteiger partial charge in [0.05, 0.1) is 5.92 Å². The van der Waals surface area contributed by atoms with Crippen LogP contribution >= 0.6 is 0 Å². The Bertz CT molecular complexity index is 189. The van der Waals surface area contributed by atoms with Crippen LogP contribution in [0.5, 0.6) is 0 Å². The van der Waals surface area contributed by atoms with Crippen molar-refractivity contribution in [2.45, 2.75) is 48.0 Å². The molecule has 0 fully saturated rings. The molecule has 0 saturated carbocycles. The highest BCUT2D eigenvalue weighted by molar-refractivity contribution is 5.70. The molecule has 0 aliphatic rings. The Morgan fingerprint density at radius 3 is 1.86 bits per heavy atom. The molecular formula is C12H24O2. The Hall–Kier alpha value is -0.530. The molecular weight excluding hydrogens is 176 g/mol. The number of carboxylic acid groups (broad SMARTS) is 1. The molecule has 0 aromatic carbocycles. The SMILES string of the molecule is CC(C)C(C)CC(C(=O)O)C(C)(C)C. The first-order valence-electron chi connectivity index (χ1n) is 5.39. The first kappa shape index (κ1) is 13.5. The standard InChI is InChI=1S/C12H24O2/c1-8(2)9(3)7-10(11(13)14)12(4,5)6/h8-10H,7H2,1-6H3,(H,13,14). The Kier molecular flexibility index (Phi) is 4.63. The summed E-state index contributed by atoms with van der Waals surface area (Å²) < 4.78 is 0. The number of hydrogen-bond acceptors (Lipinski definition) is 1. The molecule has 0 spiro atoms. The third kappa shape index (κ3) is 4.12. The molecule has 0 heterocycles. The molecule has 0 aliphatic carbocycles. The predicted molar refractivity (Wildman–Crippen MR) is 59.2 cm³/mol. The lowest BCUT2D eigenvalue weighted by atomic mass is 9.74. The number of hydrogen-bond donors (Lipinski definition) is 1. The van der Waals surface area contributed by atoms with Crippen LogP contribution in [0.1, 0.15) is 48.0 Å². The van der Waals surface area contributed by atoms with Gasteiger partial charge in [-0.05, 0) is 23.7 Å². The van der Waals surface area contributed by atoms with Crippen LogP contribution < -0.4 is 0 Å². The molecule has 1 N–H and O–H groups in total. The third-order valence-corrected chi connectivity index (χ3v) is 3.09. The summed E-state index contributed by atoms with van der Waals surface area (Å²) in [6.45, 7) is 12.4. The minimum Gasteiger partial charge on any atom is -0.481 e. The van der Waals surface area contributed by atoms with Gasteiger partial charge < -0.3 is 5.11 Å². The Morgan fingerprint density at radius 1 is 1.21 bits per heavy atom. The van der Waals surface area contributed by atoms with Gasteiger partial charge in [-0.2, -0.15) is 0 Å². The van der Waals surface area contributed by atoms with Crippen LogP contribution in [0, 0.1) is 23.2 Å². The van der Waals surface area contributed by atoms with Crippen molar-refractivity contribution >= 4 is 5.97 Å². The fourth-order valence-electron chi connectivity index (χ4n) is 1.47. The molecule has 14 heavy (non-hydrogen) atoms. The van der Waals surface area contributed by atoms with Gasteiger partial charge in [-0.3, -0.25) is 4.79 Å². The molecule has 0 saturated heterocycles. The average molecular weight is 200 g/mol. The molecule has 0 aromatic rings. The minimum atomic E-state index is -0.662. The van der Waals surface area contributed by atoms with E-state index in [1.54, 1.807) is 0 Å². The van der Waals surface area contributed by atoms with Crippen LogP contribution in [0.15, 0.2) is 0 Å². The van der Waals surface area contributed by atoms with Gasteiger partial charge in [0.25, 0.3) is 0 Å². The summed E-state index contributed by atoms with van der Waals surface area (Å²) in [5.74, 6) is 0.124. The smallest absolute Gasteiger partial charge is 0.307 e. The molecule has 2 atom stereocenters. The third-order valence-electron chi connectivity index (χ3n) is 3.09. The second kappa shape index (κ2) is 4.81. The van der Waals surface area contributed by atoms with Crippen LogP contribution in [0.3, 0.4) is 0 Å². The molecule has 0 radical (unpaired) electrons. The molecule has 2 unspecified atom stereocenters. The summed E-state index contributed by atoms with van der Waals surface area (Å²) in [6, 6.07) is 0. The highest BCUT2D eigenvalue weighted by atomic mass is 16.4. The summed E-state index contributed by atoms with van der Waals surface area (Å²) in [7, 11) is 0. The first-order chi connectivity index (χ1) is 6.16. The fourth-order valence-corrected chi connectivity index (χ4v) is 1.47. The van der Waals surface area contributed by atoms with E-state index < -0.39 is 5.97 Å². The Balaban J connectivity index is 4.48. The van der Waals surface area contributed by atoms with E-state index >= 15 is 0 Å². The molecule has 0 bridgehead atoms. The van der Waals surface area contributed by atoms with Crippen LogP contribution in [0.4, 0.5) is 0 Å². The lowest BCUT2D eigenvalue weighted by Gasteiger charge is -2.30. The molecule has 0 aliphatic heterocycles. The Labute approximate surface area is 87.7 Å². The van der Waals surface area contributed by atoms with Crippen molar-refractivity contribution in [3.8, 4) is 0 Å². The molecule has 2 nitrogen and oxygen atoms in total. The molecule has 0 rings (SSSR count). The fraction of sp³-hybridized carbons (Fsp3) is 0.917. The van der Waals surface area contributed by atoms with Crippen LogP contribution in [0.2, 0.25) is 0 Å². The van der Waals surface area contributed by atoms with Gasteiger partial charge in [0.2, 0.25) is 0 Å². The number of rotatable bonds is 4. The van der Waals surface area contributed by atoms with Crippen LogP contribution in [0.25, 0.3) is 0 Å². The quantitative estimate of drug-likeness (QED) is 0.755. The molecule has 2 heteroatoms. The normalized spacial score (nSPS) is 16.8. The van der Waals surface area contributed by atoms with E-state index in [0.717, 1.165) is 6.42 Å². The second-order valence-electron chi connectivity index (χ2n) is 5.71. The summed E-state index contributed by atoms with van der Waals surface area (Å²) in [5.41, 5.74) is -0.144. The van der Waals surface area contributed by atoms with Crippen LogP contribution in [-0.4, -0.2) is 11.1 Å². The van der Waals surface area contributed by atoms with E-state index in [1.165, 1.54) is 0 Å². The van der Waals surface area contributed by atoms with Crippen molar-refractivity contribution in [2.24, 2.45) is 23.2 Å². The van der Waals surface area contributed by atoms with Gasteiger partial charge in [0, 0.05) is 0 Å². The highest BCUT2D eigenvalue weighted by Crippen LogP contribution is 2.33. The summed E-state index contributed by atoms with van der Waals surface area (Å²) in [4.78, 5) is 11.1. The van der Waals surface area contributed by atoms with E-state index in [0.29, 0.717) is 11.8 Å². The Morgan fingerprint density at radius 2 is 1.64 bits per heavy atom. The van der Waals surface area contributed by atoms with Crippen molar-refractivity contribution in [3.63, 3.8) is 0 Å². The van der Waals surface area contributed by atoms with E-state index in [4.69, 9.17) is 5.11 Å². The van der Waals surface area contributed by atoms with Crippen molar-refractivity contribution in [2.75, 3.05) is 0 Å². The predicted octanol–water partition coefficient (Wildman–Crippen LogP) is 3.42. The topological polar surface area (TPSA) is 37.3 Å². The summed E-state index contributed by atoms with van der Waals surface area (Å²) in [6.07, 6.45) is 0.774. The summed E-state index contributed by atoms with van der Waals surface area (Å²) in [5, 5.41) is 9.14. The van der Waals surface area contributed by atoms with E-state index in [2.05, 4.69) is 20.8 Å². The number of carboxylic acids is 1. The summed E-state index contributed by atoms with van der Waals surface area (Å²) >= 11 is 0. The molecule has 84 valence electrons. The van der Waals surface area contributed by atoms with Gasteiger partial charge in [0.1, 0.15) is 0 Å². The zero-order valence-electron chi connectivity index (χ0n) is 10.3. The monoisotopic (exact) mass is 200 g/mol. The zero-order valence-corrected chi connectivity index (χ0v) is 10.3. The minimum absolute atomic E-state index is 0.144. The van der Waals surface area contributed by atoms with Crippen molar-refractivity contribution in [1.29, 1.82) is 0 Å². The highest BCUT2D eigenvalue weighted by Gasteiger charge is 2.32.